The van der Waals surface area contributed by atoms with Gasteiger partial charge >= 0.3 is 6.09 Å². The summed E-state index contributed by atoms with van der Waals surface area (Å²) in [7, 11) is 0. The summed E-state index contributed by atoms with van der Waals surface area (Å²) in [6, 6.07) is -1.01. The zero-order valence-electron chi connectivity index (χ0n) is 21.7. The van der Waals surface area contributed by atoms with Crippen LogP contribution in [0.15, 0.2) is 0 Å². The number of rotatable bonds is 11. The van der Waals surface area contributed by atoms with E-state index < -0.39 is 22.9 Å². The summed E-state index contributed by atoms with van der Waals surface area (Å²) in [5.41, 5.74) is 5.99. The molecule has 1 aliphatic heterocycles. The maximum absolute atomic E-state index is 13.7. The second kappa shape index (κ2) is 13.6. The first-order chi connectivity index (χ1) is 16.0. The van der Waals surface area contributed by atoms with E-state index in [0.717, 1.165) is 44.9 Å². The molecule has 1 saturated carbocycles. The molecular weight excluding hydrogens is 452 g/mol. The molecule has 1 heterocycles. The number of ether oxygens (including phenoxy) is 1. The minimum Gasteiger partial charge on any atom is -0.450 e. The van der Waals surface area contributed by atoms with Gasteiger partial charge in [-0.2, -0.15) is 11.8 Å². The number of hydrogen-bond acceptors (Lipinski definition) is 6. The van der Waals surface area contributed by atoms with Crippen molar-refractivity contribution in [3.05, 3.63) is 0 Å². The van der Waals surface area contributed by atoms with Gasteiger partial charge in [-0.1, -0.05) is 27.2 Å². The molecule has 2 rings (SSSR count). The fourth-order valence-corrected chi connectivity index (χ4v) is 6.41. The van der Waals surface area contributed by atoms with Gasteiger partial charge in [-0.3, -0.25) is 9.59 Å². The number of alkyl carbamates (subject to hydrolysis) is 1. The van der Waals surface area contributed by atoms with E-state index in [4.69, 9.17) is 10.5 Å². The van der Waals surface area contributed by atoms with Crippen LogP contribution in [0.1, 0.15) is 86.0 Å². The molecule has 0 aromatic heterocycles. The molecule has 34 heavy (non-hydrogen) atoms. The van der Waals surface area contributed by atoms with Crippen LogP contribution in [-0.2, 0) is 14.3 Å². The van der Waals surface area contributed by atoms with E-state index in [1.165, 1.54) is 0 Å². The maximum Gasteiger partial charge on any atom is 0.407 e. The van der Waals surface area contributed by atoms with Crippen LogP contribution in [0.3, 0.4) is 0 Å². The normalized spacial score (nSPS) is 24.1. The third-order valence-electron chi connectivity index (χ3n) is 6.77. The standard InChI is InChI=1S/C25H46N4O4S/c1-6-7-15-33-24(32)28-21(25(4,5)34-17(2)3)23(31)29-14-8-9-20(29)22(30)27-16-18-10-12-19(26)13-11-18/h17-21H,6-16,26H2,1-5H3,(H,27,30)(H,28,32). The predicted octanol–water partition coefficient (Wildman–Crippen LogP) is 3.43. The average molecular weight is 499 g/mol. The Balaban J connectivity index is 2.06. The Morgan fingerprint density at radius 1 is 1.15 bits per heavy atom. The molecule has 1 aliphatic carbocycles. The molecule has 8 nitrogen and oxygen atoms in total. The van der Waals surface area contributed by atoms with Crippen LogP contribution in [-0.4, -0.2) is 70.6 Å². The predicted molar refractivity (Wildman–Crippen MR) is 138 cm³/mol. The monoisotopic (exact) mass is 498 g/mol. The number of nitrogens with two attached hydrogens (primary N) is 1. The number of likely N-dealkylation sites (tertiary alicyclic amines) is 1. The Morgan fingerprint density at radius 3 is 2.44 bits per heavy atom. The van der Waals surface area contributed by atoms with E-state index in [1.54, 1.807) is 16.7 Å². The third-order valence-corrected chi connectivity index (χ3v) is 8.08. The van der Waals surface area contributed by atoms with Gasteiger partial charge in [0, 0.05) is 23.9 Å². The summed E-state index contributed by atoms with van der Waals surface area (Å²) in [5.74, 6) is 0.134. The third kappa shape index (κ3) is 8.63. The lowest BCUT2D eigenvalue weighted by Crippen LogP contribution is -2.60. The molecule has 0 spiro atoms. The fraction of sp³-hybridized carbons (Fsp3) is 0.880. The zero-order chi connectivity index (χ0) is 25.3. The molecule has 196 valence electrons. The fourth-order valence-electron chi connectivity index (χ4n) is 4.90. The number of amides is 3. The molecule has 2 unspecified atom stereocenters. The van der Waals surface area contributed by atoms with Crippen LogP contribution in [0.5, 0.6) is 0 Å². The largest absolute Gasteiger partial charge is 0.450 e. The van der Waals surface area contributed by atoms with Gasteiger partial charge in [0.1, 0.15) is 12.1 Å². The highest BCUT2D eigenvalue weighted by Gasteiger charge is 2.44. The van der Waals surface area contributed by atoms with Gasteiger partial charge in [-0.15, -0.1) is 0 Å². The topological polar surface area (TPSA) is 114 Å². The van der Waals surface area contributed by atoms with E-state index in [1.807, 2.05) is 20.8 Å². The Hall–Kier alpha value is -1.48. The summed E-state index contributed by atoms with van der Waals surface area (Å²) >= 11 is 1.63. The minimum absolute atomic E-state index is 0.0979. The molecule has 4 N–H and O–H groups in total. The molecule has 1 saturated heterocycles. The molecule has 3 amide bonds. The van der Waals surface area contributed by atoms with Gasteiger partial charge in [0.2, 0.25) is 11.8 Å². The van der Waals surface area contributed by atoms with Crippen molar-refractivity contribution in [1.82, 2.24) is 15.5 Å². The number of nitrogens with one attached hydrogen (secondary N) is 2. The number of thioether (sulfide) groups is 1. The molecule has 2 fully saturated rings. The molecule has 0 bridgehead atoms. The highest BCUT2D eigenvalue weighted by Crippen LogP contribution is 2.34. The highest BCUT2D eigenvalue weighted by atomic mass is 32.2. The first kappa shape index (κ1) is 28.8. The summed E-state index contributed by atoms with van der Waals surface area (Å²) in [6.45, 7) is 11.6. The molecular formula is C25H46N4O4S. The molecule has 0 radical (unpaired) electrons. The summed E-state index contributed by atoms with van der Waals surface area (Å²) in [5, 5.41) is 6.18. The summed E-state index contributed by atoms with van der Waals surface area (Å²) < 4.78 is 4.73. The minimum atomic E-state index is -0.790. The van der Waals surface area contributed by atoms with Crippen molar-refractivity contribution in [2.75, 3.05) is 19.7 Å². The van der Waals surface area contributed by atoms with Crippen molar-refractivity contribution in [3.63, 3.8) is 0 Å². The first-order valence-electron chi connectivity index (χ1n) is 13.0. The second-order valence-electron chi connectivity index (χ2n) is 10.6. The Labute approximate surface area is 209 Å². The van der Waals surface area contributed by atoms with E-state index in [9.17, 15) is 14.4 Å². The van der Waals surface area contributed by atoms with Crippen molar-refractivity contribution in [2.24, 2.45) is 11.7 Å². The Morgan fingerprint density at radius 2 is 1.82 bits per heavy atom. The lowest BCUT2D eigenvalue weighted by molar-refractivity contribution is -0.140. The number of carbonyl (C=O) groups excluding carboxylic acids is 3. The zero-order valence-corrected chi connectivity index (χ0v) is 22.5. The van der Waals surface area contributed by atoms with E-state index in [-0.39, 0.29) is 23.1 Å². The van der Waals surface area contributed by atoms with Gasteiger partial charge in [0.15, 0.2) is 0 Å². The number of hydrogen-bond donors (Lipinski definition) is 3. The van der Waals surface area contributed by atoms with Crippen LogP contribution in [0.4, 0.5) is 4.79 Å². The number of carbonyl (C=O) groups is 3. The van der Waals surface area contributed by atoms with Gasteiger partial charge in [-0.05, 0) is 70.0 Å². The Bertz CT molecular complexity index is 680. The van der Waals surface area contributed by atoms with Gasteiger partial charge < -0.3 is 26.0 Å². The maximum atomic E-state index is 13.7. The Kier molecular flexibility index (Phi) is 11.5. The molecule has 2 atom stereocenters. The van der Waals surface area contributed by atoms with Crippen LogP contribution in [0, 0.1) is 5.92 Å². The van der Waals surface area contributed by atoms with E-state index in [2.05, 4.69) is 24.5 Å². The van der Waals surface area contributed by atoms with Gasteiger partial charge in [0.25, 0.3) is 0 Å². The molecule has 0 aromatic rings. The molecule has 2 aliphatic rings. The van der Waals surface area contributed by atoms with Crippen LogP contribution < -0.4 is 16.4 Å². The first-order valence-corrected chi connectivity index (χ1v) is 13.9. The van der Waals surface area contributed by atoms with E-state index >= 15 is 0 Å². The van der Waals surface area contributed by atoms with E-state index in [0.29, 0.717) is 32.0 Å². The average Bonchev–Trinajstić information content (AvgIpc) is 3.26. The SMILES string of the molecule is CCCCOC(=O)NC(C(=O)N1CCCC1C(=O)NCC1CCC(N)CC1)C(C)(C)SC(C)C. The highest BCUT2D eigenvalue weighted by molar-refractivity contribution is 8.01. The molecule has 9 heteroatoms. The van der Waals surface area contributed by atoms with Crippen molar-refractivity contribution >= 4 is 29.7 Å². The lowest BCUT2D eigenvalue weighted by Gasteiger charge is -2.38. The smallest absolute Gasteiger partial charge is 0.407 e. The van der Waals surface area contributed by atoms with Crippen molar-refractivity contribution in [1.29, 1.82) is 0 Å². The van der Waals surface area contributed by atoms with Crippen molar-refractivity contribution in [2.45, 2.75) is 114 Å². The van der Waals surface area contributed by atoms with Gasteiger partial charge in [0.05, 0.1) is 6.61 Å². The quantitative estimate of drug-likeness (QED) is 0.376. The van der Waals surface area contributed by atoms with Crippen LogP contribution >= 0.6 is 11.8 Å². The number of nitrogens with zero attached hydrogens (tertiary/aromatic N) is 1. The summed E-state index contributed by atoms with van der Waals surface area (Å²) in [6.07, 6.45) is 6.58. The summed E-state index contributed by atoms with van der Waals surface area (Å²) in [4.78, 5) is 41.0. The van der Waals surface area contributed by atoms with Crippen LogP contribution in [0.2, 0.25) is 0 Å². The van der Waals surface area contributed by atoms with Crippen LogP contribution in [0.25, 0.3) is 0 Å². The van der Waals surface area contributed by atoms with Gasteiger partial charge in [-0.25, -0.2) is 4.79 Å². The lowest BCUT2D eigenvalue weighted by atomic mass is 9.86. The van der Waals surface area contributed by atoms with Crippen molar-refractivity contribution < 1.29 is 19.1 Å². The van der Waals surface area contributed by atoms with Crippen molar-refractivity contribution in [3.8, 4) is 0 Å². The molecule has 0 aromatic carbocycles. The number of unbranched alkanes of at least 4 members (excludes halogenated alkanes) is 1. The second-order valence-corrected chi connectivity index (χ2v) is 12.8.